The molecule has 0 aliphatic rings. The molecule has 0 aliphatic carbocycles. The number of benzene rings is 1. The summed E-state index contributed by atoms with van der Waals surface area (Å²) < 4.78 is 4.26. The molecule has 0 atom stereocenters. The van der Waals surface area contributed by atoms with Crippen LogP contribution >= 0.6 is 15.9 Å². The number of nitrogen functional groups attached to an aromatic ring is 1. The zero-order chi connectivity index (χ0) is 12.4. The molecule has 0 radical (unpaired) electrons. The number of anilines is 1. The summed E-state index contributed by atoms with van der Waals surface area (Å²) in [5, 5.41) is 0. The van der Waals surface area contributed by atoms with E-state index < -0.39 is 0 Å². The predicted octanol–water partition coefficient (Wildman–Crippen LogP) is 2.06. The fourth-order valence-electron chi connectivity index (χ4n) is 1.71. The van der Waals surface area contributed by atoms with Gasteiger partial charge >= 0.3 is 5.69 Å². The van der Waals surface area contributed by atoms with Crippen LogP contribution in [0.15, 0.2) is 39.9 Å². The zero-order valence-corrected chi connectivity index (χ0v) is 11.1. The second-order valence-corrected chi connectivity index (χ2v) is 4.75. The summed E-state index contributed by atoms with van der Waals surface area (Å²) >= 11 is 3.36. The Morgan fingerprint density at radius 3 is 2.59 bits per heavy atom. The molecule has 0 spiro atoms. The van der Waals surface area contributed by atoms with Crippen molar-refractivity contribution in [2.24, 2.45) is 0 Å². The Labute approximate surface area is 108 Å². The van der Waals surface area contributed by atoms with Crippen molar-refractivity contribution in [3.05, 3.63) is 51.1 Å². The average molecular weight is 296 g/mol. The predicted molar refractivity (Wildman–Crippen MR) is 72.0 cm³/mol. The Morgan fingerprint density at radius 1 is 1.29 bits per heavy atom. The van der Waals surface area contributed by atoms with Crippen LogP contribution in [0.4, 0.5) is 5.69 Å². The van der Waals surface area contributed by atoms with Gasteiger partial charge in [0, 0.05) is 29.1 Å². The Kier molecular flexibility index (Phi) is 3.38. The van der Waals surface area contributed by atoms with Crippen molar-refractivity contribution < 1.29 is 0 Å². The van der Waals surface area contributed by atoms with Gasteiger partial charge in [0.2, 0.25) is 0 Å². The largest absolute Gasteiger partial charge is 0.398 e. The third-order valence-electron chi connectivity index (χ3n) is 2.71. The molecule has 5 heteroatoms. The highest BCUT2D eigenvalue weighted by Crippen LogP contribution is 2.18. The Morgan fingerprint density at radius 2 is 2.00 bits per heavy atom. The first-order chi connectivity index (χ1) is 8.11. The molecule has 2 N–H and O–H groups in total. The van der Waals surface area contributed by atoms with Gasteiger partial charge in [-0.3, -0.25) is 9.13 Å². The summed E-state index contributed by atoms with van der Waals surface area (Å²) in [6.45, 7) is 3.13. The smallest absolute Gasteiger partial charge is 0.328 e. The Bertz CT molecular complexity index is 586. The van der Waals surface area contributed by atoms with Crippen LogP contribution < -0.4 is 11.4 Å². The number of hydrogen-bond acceptors (Lipinski definition) is 2. The summed E-state index contributed by atoms with van der Waals surface area (Å²) in [5.41, 5.74) is 7.54. The number of aromatic nitrogens is 2. The minimum atomic E-state index is -0.00480. The molecule has 90 valence electrons. The molecular formula is C12H14BrN3O. The first-order valence-corrected chi connectivity index (χ1v) is 6.20. The molecule has 0 fully saturated rings. The molecule has 1 aromatic carbocycles. The third-order valence-corrected chi connectivity index (χ3v) is 3.20. The lowest BCUT2D eigenvalue weighted by Gasteiger charge is -2.06. The Balaban J connectivity index is 2.31. The molecule has 0 saturated carbocycles. The van der Waals surface area contributed by atoms with Crippen molar-refractivity contribution in [2.45, 2.75) is 20.0 Å². The number of rotatable bonds is 3. The SMILES string of the molecule is CCn1ccn(Cc2ccc(Br)cc2N)c1=O. The van der Waals surface area contributed by atoms with Gasteiger partial charge in [0.1, 0.15) is 0 Å². The molecule has 2 rings (SSSR count). The summed E-state index contributed by atoms with van der Waals surface area (Å²) in [4.78, 5) is 11.9. The molecule has 0 bridgehead atoms. The zero-order valence-electron chi connectivity index (χ0n) is 9.56. The van der Waals surface area contributed by atoms with Gasteiger partial charge in [0.25, 0.3) is 0 Å². The van der Waals surface area contributed by atoms with E-state index in [2.05, 4.69) is 15.9 Å². The van der Waals surface area contributed by atoms with E-state index in [0.717, 1.165) is 10.0 Å². The van der Waals surface area contributed by atoms with Crippen molar-refractivity contribution in [1.82, 2.24) is 9.13 Å². The number of halogens is 1. The van der Waals surface area contributed by atoms with Gasteiger partial charge in [-0.05, 0) is 24.6 Å². The monoisotopic (exact) mass is 295 g/mol. The topological polar surface area (TPSA) is 52.9 Å². The molecule has 2 aromatic rings. The van der Waals surface area contributed by atoms with Crippen molar-refractivity contribution in [2.75, 3.05) is 5.73 Å². The fraction of sp³-hybridized carbons (Fsp3) is 0.250. The molecule has 0 unspecified atom stereocenters. The van der Waals surface area contributed by atoms with Crippen LogP contribution in [0.5, 0.6) is 0 Å². The molecule has 1 aromatic heterocycles. The van der Waals surface area contributed by atoms with Gasteiger partial charge < -0.3 is 5.73 Å². The number of nitrogens with two attached hydrogens (primary N) is 1. The summed E-state index contributed by atoms with van der Waals surface area (Å²) in [5.74, 6) is 0. The van der Waals surface area contributed by atoms with Crippen molar-refractivity contribution in [3.63, 3.8) is 0 Å². The average Bonchev–Trinajstić information content (AvgIpc) is 2.64. The van der Waals surface area contributed by atoms with Crippen LogP contribution in [-0.4, -0.2) is 9.13 Å². The Hall–Kier alpha value is -1.49. The second kappa shape index (κ2) is 4.79. The fourth-order valence-corrected chi connectivity index (χ4v) is 2.09. The number of aryl methyl sites for hydroxylation is 1. The highest BCUT2D eigenvalue weighted by Gasteiger charge is 2.05. The lowest BCUT2D eigenvalue weighted by molar-refractivity contribution is 0.669. The van der Waals surface area contributed by atoms with Gasteiger partial charge in [-0.1, -0.05) is 22.0 Å². The minimum absolute atomic E-state index is 0.00480. The highest BCUT2D eigenvalue weighted by molar-refractivity contribution is 9.10. The van der Waals surface area contributed by atoms with Gasteiger partial charge in [-0.2, -0.15) is 0 Å². The van der Waals surface area contributed by atoms with Crippen LogP contribution in [0.1, 0.15) is 12.5 Å². The lowest BCUT2D eigenvalue weighted by Crippen LogP contribution is -2.24. The number of hydrogen-bond donors (Lipinski definition) is 1. The van der Waals surface area contributed by atoms with Gasteiger partial charge in [0.05, 0.1) is 6.54 Å². The molecule has 0 aliphatic heterocycles. The number of imidazole rings is 1. The first kappa shape index (κ1) is 12.0. The molecule has 4 nitrogen and oxygen atoms in total. The number of nitrogens with zero attached hydrogens (tertiary/aromatic N) is 2. The van der Waals surface area contributed by atoms with Crippen molar-refractivity contribution in [3.8, 4) is 0 Å². The lowest BCUT2D eigenvalue weighted by atomic mass is 10.2. The van der Waals surface area contributed by atoms with E-state index in [9.17, 15) is 4.79 Å². The first-order valence-electron chi connectivity index (χ1n) is 5.41. The summed E-state index contributed by atoms with van der Waals surface area (Å²) in [7, 11) is 0. The van der Waals surface area contributed by atoms with Crippen LogP contribution in [0.3, 0.4) is 0 Å². The van der Waals surface area contributed by atoms with Crippen LogP contribution in [0, 0.1) is 0 Å². The van der Waals surface area contributed by atoms with Gasteiger partial charge in [0.15, 0.2) is 0 Å². The van der Waals surface area contributed by atoms with E-state index in [1.165, 1.54) is 0 Å². The highest BCUT2D eigenvalue weighted by atomic mass is 79.9. The van der Waals surface area contributed by atoms with E-state index in [4.69, 9.17) is 5.73 Å². The molecule has 17 heavy (non-hydrogen) atoms. The quantitative estimate of drug-likeness (QED) is 0.881. The van der Waals surface area contributed by atoms with Crippen LogP contribution in [-0.2, 0) is 13.1 Å². The maximum absolute atomic E-state index is 11.9. The van der Waals surface area contributed by atoms with E-state index in [1.54, 1.807) is 21.5 Å². The maximum Gasteiger partial charge on any atom is 0.328 e. The van der Waals surface area contributed by atoms with Crippen LogP contribution in [0.2, 0.25) is 0 Å². The summed E-state index contributed by atoms with van der Waals surface area (Å²) in [6, 6.07) is 5.69. The molecule has 0 saturated heterocycles. The van der Waals surface area contributed by atoms with E-state index in [0.29, 0.717) is 18.8 Å². The van der Waals surface area contributed by atoms with Gasteiger partial charge in [-0.25, -0.2) is 4.79 Å². The van der Waals surface area contributed by atoms with E-state index in [1.807, 2.05) is 25.1 Å². The standard InChI is InChI=1S/C12H14BrN3O/c1-2-15-5-6-16(12(15)17)8-9-3-4-10(13)7-11(9)14/h3-7H,2,8,14H2,1H3. The van der Waals surface area contributed by atoms with E-state index in [-0.39, 0.29) is 5.69 Å². The second-order valence-electron chi connectivity index (χ2n) is 3.84. The van der Waals surface area contributed by atoms with Crippen molar-refractivity contribution in [1.29, 1.82) is 0 Å². The van der Waals surface area contributed by atoms with Crippen LogP contribution in [0.25, 0.3) is 0 Å². The van der Waals surface area contributed by atoms with Crippen molar-refractivity contribution >= 4 is 21.6 Å². The maximum atomic E-state index is 11.9. The normalized spacial score (nSPS) is 10.7. The minimum Gasteiger partial charge on any atom is -0.398 e. The van der Waals surface area contributed by atoms with Gasteiger partial charge in [-0.15, -0.1) is 0 Å². The summed E-state index contributed by atoms with van der Waals surface area (Å²) in [6.07, 6.45) is 3.57. The molecular weight excluding hydrogens is 282 g/mol. The molecule has 0 amide bonds. The molecule has 1 heterocycles. The third kappa shape index (κ3) is 2.44. The van der Waals surface area contributed by atoms with E-state index >= 15 is 0 Å².